The van der Waals surface area contributed by atoms with Crippen LogP contribution in [0, 0.1) is 11.7 Å². The van der Waals surface area contributed by atoms with Crippen molar-refractivity contribution in [3.63, 3.8) is 0 Å². The normalized spacial score (nSPS) is 22.8. The third-order valence-electron chi connectivity index (χ3n) is 5.53. The van der Waals surface area contributed by atoms with Crippen molar-refractivity contribution in [2.45, 2.75) is 31.2 Å². The fourth-order valence-corrected chi connectivity index (χ4v) is 4.70. The van der Waals surface area contributed by atoms with Crippen molar-refractivity contribution in [2.24, 2.45) is 5.92 Å². The molecule has 4 nitrogen and oxygen atoms in total. The highest BCUT2D eigenvalue weighted by Gasteiger charge is 2.38. The monoisotopic (exact) mass is 388 g/mol. The number of rotatable bonds is 5. The molecule has 0 unspecified atom stereocenters. The average molecular weight is 389 g/mol. The lowest BCUT2D eigenvalue weighted by atomic mass is 9.95. The van der Waals surface area contributed by atoms with Gasteiger partial charge in [0.2, 0.25) is 0 Å². The van der Waals surface area contributed by atoms with E-state index in [1.165, 1.54) is 12.1 Å². The Morgan fingerprint density at radius 3 is 2.74 bits per heavy atom. The van der Waals surface area contributed by atoms with E-state index in [2.05, 4.69) is 4.90 Å². The zero-order valence-electron chi connectivity index (χ0n) is 15.6. The van der Waals surface area contributed by atoms with Crippen molar-refractivity contribution in [1.82, 2.24) is 9.80 Å². The minimum atomic E-state index is -0.203. The first-order chi connectivity index (χ1) is 13.1. The van der Waals surface area contributed by atoms with Gasteiger partial charge in [0.25, 0.3) is 5.91 Å². The number of carbonyl (C=O) groups excluding carboxylic acids is 1. The average Bonchev–Trinajstić information content (AvgIpc) is 2.96. The minimum Gasteiger partial charge on any atom is -0.455 e. The molecule has 0 radical (unpaired) electrons. The second-order valence-corrected chi connectivity index (χ2v) is 8.44. The van der Waals surface area contributed by atoms with Crippen LogP contribution in [0.5, 0.6) is 0 Å². The molecule has 1 aromatic heterocycles. The lowest BCUT2D eigenvalue weighted by Crippen LogP contribution is -2.47. The molecule has 5 rings (SSSR count). The third kappa shape index (κ3) is 4.22. The van der Waals surface area contributed by atoms with Crippen molar-refractivity contribution in [2.75, 3.05) is 25.9 Å². The molecule has 1 aromatic carbocycles. The van der Waals surface area contributed by atoms with Crippen LogP contribution in [0.1, 0.15) is 34.7 Å². The number of benzene rings is 1. The Balaban J connectivity index is 1.45. The maximum atomic E-state index is 13.1. The molecule has 1 amide bonds. The van der Waals surface area contributed by atoms with Crippen LogP contribution in [0.25, 0.3) is 0 Å². The van der Waals surface area contributed by atoms with E-state index in [9.17, 15) is 9.18 Å². The summed E-state index contributed by atoms with van der Waals surface area (Å²) in [5, 5.41) is 0. The zero-order chi connectivity index (χ0) is 18.8. The van der Waals surface area contributed by atoms with Gasteiger partial charge in [0, 0.05) is 32.2 Å². The van der Waals surface area contributed by atoms with E-state index in [1.54, 1.807) is 11.8 Å². The Hall–Kier alpha value is -1.79. The summed E-state index contributed by atoms with van der Waals surface area (Å²) in [6.45, 7) is 3.43. The van der Waals surface area contributed by atoms with E-state index in [1.807, 2.05) is 35.4 Å². The van der Waals surface area contributed by atoms with Crippen molar-refractivity contribution in [3.8, 4) is 0 Å². The summed E-state index contributed by atoms with van der Waals surface area (Å²) in [4.78, 5) is 17.4. The van der Waals surface area contributed by atoms with E-state index in [4.69, 9.17) is 4.42 Å². The molecule has 27 heavy (non-hydrogen) atoms. The number of furan rings is 1. The van der Waals surface area contributed by atoms with Crippen molar-refractivity contribution in [1.29, 1.82) is 0 Å². The number of hydrogen-bond acceptors (Lipinski definition) is 4. The van der Waals surface area contributed by atoms with Crippen LogP contribution in [0.3, 0.4) is 0 Å². The van der Waals surface area contributed by atoms with Gasteiger partial charge in [-0.05, 0) is 54.8 Å². The molecule has 3 fully saturated rings. The number of carbonyl (C=O) groups is 1. The quantitative estimate of drug-likeness (QED) is 0.775. The molecule has 2 aromatic rings. The van der Waals surface area contributed by atoms with Crippen LogP contribution in [0.4, 0.5) is 4.39 Å². The van der Waals surface area contributed by atoms with Crippen LogP contribution in [-0.2, 0) is 12.3 Å². The molecule has 3 aliphatic rings. The lowest BCUT2D eigenvalue weighted by Gasteiger charge is -2.35. The smallest absolute Gasteiger partial charge is 0.289 e. The van der Waals surface area contributed by atoms with Gasteiger partial charge in [-0.1, -0.05) is 12.1 Å². The van der Waals surface area contributed by atoms with Crippen LogP contribution in [0.15, 0.2) is 40.8 Å². The molecule has 2 atom stereocenters. The molecule has 3 aliphatic heterocycles. The van der Waals surface area contributed by atoms with Gasteiger partial charge >= 0.3 is 0 Å². The van der Waals surface area contributed by atoms with Crippen LogP contribution < -0.4 is 0 Å². The summed E-state index contributed by atoms with van der Waals surface area (Å²) in [7, 11) is 0. The Labute approximate surface area is 163 Å². The fourth-order valence-electron chi connectivity index (χ4n) is 4.26. The second kappa shape index (κ2) is 8.07. The lowest BCUT2D eigenvalue weighted by molar-refractivity contribution is 0.0551. The van der Waals surface area contributed by atoms with E-state index in [0.717, 1.165) is 56.1 Å². The van der Waals surface area contributed by atoms with E-state index < -0.39 is 0 Å². The molecule has 0 N–H and O–H groups in total. The first kappa shape index (κ1) is 18.6. The molecule has 0 spiro atoms. The molecule has 144 valence electrons. The summed E-state index contributed by atoms with van der Waals surface area (Å²) >= 11 is 1.68. The summed E-state index contributed by atoms with van der Waals surface area (Å²) in [5.74, 6) is 2.38. The standard InChI is InChI=1S/C21H25FN2O2S/c1-27-14-19-8-9-20(26-19)21(25)24-12-16-4-7-18(24)13-23(11-16)10-15-2-5-17(22)6-3-15/h2-3,5-6,8-9,16,18H,4,7,10-14H2,1H3/t16-,18+/m0/s1. The van der Waals surface area contributed by atoms with Crippen molar-refractivity contribution < 1.29 is 13.6 Å². The number of fused-ring (bicyclic) bond motifs is 4. The van der Waals surface area contributed by atoms with Gasteiger partial charge in [0.1, 0.15) is 11.6 Å². The van der Waals surface area contributed by atoms with E-state index in [0.29, 0.717) is 11.7 Å². The molecular formula is C21H25FN2O2S. The SMILES string of the molecule is CSCc1ccc(C(=O)N2C[C@H]3CC[C@@H]2CN(Cc2ccc(F)cc2)C3)o1. The highest BCUT2D eigenvalue weighted by molar-refractivity contribution is 7.97. The van der Waals surface area contributed by atoms with Crippen molar-refractivity contribution >= 4 is 17.7 Å². The van der Waals surface area contributed by atoms with E-state index >= 15 is 0 Å². The molecule has 2 bridgehead atoms. The number of hydrogen-bond donors (Lipinski definition) is 0. The van der Waals surface area contributed by atoms with Crippen molar-refractivity contribution in [3.05, 3.63) is 59.3 Å². The van der Waals surface area contributed by atoms with Gasteiger partial charge in [0.15, 0.2) is 5.76 Å². The first-order valence-corrected chi connectivity index (χ1v) is 10.9. The summed E-state index contributed by atoms with van der Waals surface area (Å²) in [5.41, 5.74) is 1.11. The second-order valence-electron chi connectivity index (χ2n) is 7.57. The first-order valence-electron chi connectivity index (χ1n) is 9.48. The minimum absolute atomic E-state index is 0.0145. The molecule has 6 heteroatoms. The number of halogens is 1. The van der Waals surface area contributed by atoms with Crippen LogP contribution in [0.2, 0.25) is 0 Å². The van der Waals surface area contributed by atoms with Crippen LogP contribution >= 0.6 is 11.8 Å². The molecule has 3 saturated heterocycles. The number of amides is 1. The summed E-state index contributed by atoms with van der Waals surface area (Å²) < 4.78 is 18.9. The van der Waals surface area contributed by atoms with Gasteiger partial charge in [-0.3, -0.25) is 9.69 Å². The third-order valence-corrected chi connectivity index (χ3v) is 6.10. The van der Waals surface area contributed by atoms with Gasteiger partial charge < -0.3 is 9.32 Å². The zero-order valence-corrected chi connectivity index (χ0v) is 16.4. The van der Waals surface area contributed by atoms with Gasteiger partial charge in [-0.2, -0.15) is 11.8 Å². The Kier molecular flexibility index (Phi) is 5.55. The van der Waals surface area contributed by atoms with Gasteiger partial charge in [-0.25, -0.2) is 4.39 Å². The molecule has 0 aliphatic carbocycles. The van der Waals surface area contributed by atoms with Gasteiger partial charge in [-0.15, -0.1) is 0 Å². The Bertz CT molecular complexity index is 792. The number of thioether (sulfide) groups is 1. The highest BCUT2D eigenvalue weighted by atomic mass is 32.2. The predicted octanol–water partition coefficient (Wildman–Crippen LogP) is 4.02. The summed E-state index contributed by atoms with van der Waals surface area (Å²) in [6, 6.07) is 10.7. The molecular weight excluding hydrogens is 363 g/mol. The largest absolute Gasteiger partial charge is 0.455 e. The Morgan fingerprint density at radius 2 is 1.96 bits per heavy atom. The van der Waals surface area contributed by atoms with Crippen LogP contribution in [-0.4, -0.2) is 47.6 Å². The molecule has 4 heterocycles. The number of piperidine rings is 1. The maximum Gasteiger partial charge on any atom is 0.289 e. The fraction of sp³-hybridized carbons (Fsp3) is 0.476. The highest BCUT2D eigenvalue weighted by Crippen LogP contribution is 2.30. The van der Waals surface area contributed by atoms with E-state index in [-0.39, 0.29) is 17.8 Å². The topological polar surface area (TPSA) is 36.7 Å². The Morgan fingerprint density at radius 1 is 1.15 bits per heavy atom. The van der Waals surface area contributed by atoms with Gasteiger partial charge in [0.05, 0.1) is 5.75 Å². The molecule has 0 saturated carbocycles. The maximum absolute atomic E-state index is 13.1. The predicted molar refractivity (Wildman–Crippen MR) is 105 cm³/mol. The summed E-state index contributed by atoms with van der Waals surface area (Å²) in [6.07, 6.45) is 4.21. The number of nitrogens with zero attached hydrogens (tertiary/aromatic N) is 2.